The van der Waals surface area contributed by atoms with Gasteiger partial charge in [0.15, 0.2) is 0 Å². The Balaban J connectivity index is 1.81. The molecule has 0 amide bonds. The molecular weight excluding hydrogens is 262 g/mol. The van der Waals surface area contributed by atoms with Crippen LogP contribution in [0.1, 0.15) is 30.7 Å². The molecule has 0 radical (unpaired) electrons. The summed E-state index contributed by atoms with van der Waals surface area (Å²) in [5.74, 6) is 2.16. The summed E-state index contributed by atoms with van der Waals surface area (Å²) < 4.78 is 0. The van der Waals surface area contributed by atoms with E-state index in [2.05, 4.69) is 44.2 Å². The molecule has 1 fully saturated rings. The highest BCUT2D eigenvalue weighted by Gasteiger charge is 2.15. The Morgan fingerprint density at radius 2 is 1.62 bits per heavy atom. The van der Waals surface area contributed by atoms with Crippen LogP contribution in [-0.2, 0) is 0 Å². The Kier molecular flexibility index (Phi) is 3.99. The Morgan fingerprint density at radius 3 is 2.33 bits per heavy atom. The standard InChI is InChI=1S/C16H21N5/c1-12-6-8-14(9-7-12)19-15-17-13(2)18-16(20-15)21-10-4-3-5-11-21/h6-9H,3-5,10-11H2,1-2H3,(H,17,18,19,20). The summed E-state index contributed by atoms with van der Waals surface area (Å²) in [6.45, 7) is 6.06. The zero-order valence-corrected chi connectivity index (χ0v) is 12.6. The Morgan fingerprint density at radius 1 is 0.905 bits per heavy atom. The van der Waals surface area contributed by atoms with Crippen molar-refractivity contribution < 1.29 is 0 Å². The summed E-state index contributed by atoms with van der Waals surface area (Å²) >= 11 is 0. The smallest absolute Gasteiger partial charge is 0.232 e. The van der Waals surface area contributed by atoms with Gasteiger partial charge < -0.3 is 10.2 Å². The lowest BCUT2D eigenvalue weighted by Crippen LogP contribution is -2.31. The van der Waals surface area contributed by atoms with Gasteiger partial charge in [-0.2, -0.15) is 15.0 Å². The highest BCUT2D eigenvalue weighted by molar-refractivity contribution is 5.54. The van der Waals surface area contributed by atoms with Gasteiger partial charge >= 0.3 is 0 Å². The molecule has 0 unspecified atom stereocenters. The Labute approximate surface area is 125 Å². The highest BCUT2D eigenvalue weighted by atomic mass is 15.3. The minimum atomic E-state index is 0.618. The fraction of sp³-hybridized carbons (Fsp3) is 0.438. The summed E-state index contributed by atoms with van der Waals surface area (Å²) in [5.41, 5.74) is 2.23. The van der Waals surface area contributed by atoms with Crippen LogP contribution in [0.2, 0.25) is 0 Å². The lowest BCUT2D eigenvalue weighted by molar-refractivity contribution is 0.567. The fourth-order valence-electron chi connectivity index (χ4n) is 2.52. The van der Waals surface area contributed by atoms with Gasteiger partial charge in [-0.05, 0) is 45.2 Å². The highest BCUT2D eigenvalue weighted by Crippen LogP contribution is 2.19. The number of hydrogen-bond acceptors (Lipinski definition) is 5. The van der Waals surface area contributed by atoms with E-state index in [1.54, 1.807) is 0 Å². The molecule has 2 aromatic rings. The van der Waals surface area contributed by atoms with Crippen molar-refractivity contribution in [1.29, 1.82) is 0 Å². The Bertz CT molecular complexity index is 603. The van der Waals surface area contributed by atoms with Gasteiger partial charge in [0.1, 0.15) is 5.82 Å². The zero-order valence-electron chi connectivity index (χ0n) is 12.6. The van der Waals surface area contributed by atoms with Gasteiger partial charge in [0, 0.05) is 18.8 Å². The molecule has 0 aliphatic carbocycles. The molecule has 1 aromatic heterocycles. The third-order valence-corrected chi connectivity index (χ3v) is 3.68. The molecule has 5 heteroatoms. The number of anilines is 3. The quantitative estimate of drug-likeness (QED) is 0.937. The number of nitrogens with zero attached hydrogens (tertiary/aromatic N) is 4. The summed E-state index contributed by atoms with van der Waals surface area (Å²) in [4.78, 5) is 15.7. The van der Waals surface area contributed by atoms with Crippen molar-refractivity contribution in [3.8, 4) is 0 Å². The average molecular weight is 283 g/mol. The van der Waals surface area contributed by atoms with E-state index in [0.717, 1.165) is 30.5 Å². The molecule has 0 spiro atoms. The van der Waals surface area contributed by atoms with Gasteiger partial charge in [-0.1, -0.05) is 17.7 Å². The van der Waals surface area contributed by atoms with Crippen LogP contribution >= 0.6 is 0 Å². The second-order valence-electron chi connectivity index (χ2n) is 5.54. The van der Waals surface area contributed by atoms with Gasteiger partial charge in [0.25, 0.3) is 0 Å². The van der Waals surface area contributed by atoms with E-state index < -0.39 is 0 Å². The molecule has 3 rings (SSSR count). The molecule has 2 heterocycles. The molecule has 5 nitrogen and oxygen atoms in total. The Hall–Kier alpha value is -2.17. The van der Waals surface area contributed by atoms with E-state index >= 15 is 0 Å². The number of piperidine rings is 1. The SMILES string of the molecule is Cc1ccc(Nc2nc(C)nc(N3CCCCC3)n2)cc1. The van der Waals surface area contributed by atoms with Crippen molar-refractivity contribution in [1.82, 2.24) is 15.0 Å². The van der Waals surface area contributed by atoms with E-state index in [9.17, 15) is 0 Å². The number of aromatic nitrogens is 3. The van der Waals surface area contributed by atoms with Crippen LogP contribution in [0.25, 0.3) is 0 Å². The second-order valence-corrected chi connectivity index (χ2v) is 5.54. The van der Waals surface area contributed by atoms with Crippen LogP contribution in [0.3, 0.4) is 0 Å². The molecule has 0 atom stereocenters. The van der Waals surface area contributed by atoms with E-state index in [-0.39, 0.29) is 0 Å². The van der Waals surface area contributed by atoms with Crippen molar-refractivity contribution in [2.45, 2.75) is 33.1 Å². The maximum absolute atomic E-state index is 4.57. The molecule has 1 aromatic carbocycles. The molecular formula is C16H21N5. The minimum Gasteiger partial charge on any atom is -0.341 e. The van der Waals surface area contributed by atoms with Crippen LogP contribution in [0.4, 0.5) is 17.6 Å². The molecule has 0 bridgehead atoms. The van der Waals surface area contributed by atoms with Gasteiger partial charge in [0.05, 0.1) is 0 Å². The first kappa shape index (κ1) is 13.8. The summed E-state index contributed by atoms with van der Waals surface area (Å²) in [6, 6.07) is 8.22. The van der Waals surface area contributed by atoms with Crippen LogP contribution < -0.4 is 10.2 Å². The van der Waals surface area contributed by atoms with E-state index in [0.29, 0.717) is 5.95 Å². The largest absolute Gasteiger partial charge is 0.341 e. The minimum absolute atomic E-state index is 0.618. The normalized spacial score (nSPS) is 15.0. The van der Waals surface area contributed by atoms with Crippen molar-refractivity contribution in [2.24, 2.45) is 0 Å². The average Bonchev–Trinajstić information content (AvgIpc) is 2.50. The van der Waals surface area contributed by atoms with Crippen molar-refractivity contribution in [3.05, 3.63) is 35.7 Å². The fourth-order valence-corrected chi connectivity index (χ4v) is 2.52. The lowest BCUT2D eigenvalue weighted by atomic mass is 10.1. The summed E-state index contributed by atoms with van der Waals surface area (Å²) in [7, 11) is 0. The van der Waals surface area contributed by atoms with Crippen LogP contribution in [0.15, 0.2) is 24.3 Å². The predicted molar refractivity (Wildman–Crippen MR) is 85.1 cm³/mol. The van der Waals surface area contributed by atoms with Gasteiger partial charge in [-0.3, -0.25) is 0 Å². The maximum Gasteiger partial charge on any atom is 0.232 e. The molecule has 1 aliphatic heterocycles. The van der Waals surface area contributed by atoms with Gasteiger partial charge in [0.2, 0.25) is 11.9 Å². The van der Waals surface area contributed by atoms with E-state index in [1.165, 1.54) is 24.8 Å². The number of aryl methyl sites for hydroxylation is 2. The number of rotatable bonds is 3. The van der Waals surface area contributed by atoms with Crippen LogP contribution in [0, 0.1) is 13.8 Å². The number of benzene rings is 1. The first-order chi connectivity index (χ1) is 10.2. The van der Waals surface area contributed by atoms with E-state index in [1.807, 2.05) is 19.1 Å². The molecule has 0 saturated carbocycles. The molecule has 21 heavy (non-hydrogen) atoms. The molecule has 110 valence electrons. The maximum atomic E-state index is 4.57. The predicted octanol–water partition coefficient (Wildman–Crippen LogP) is 3.22. The first-order valence-corrected chi connectivity index (χ1v) is 7.52. The van der Waals surface area contributed by atoms with Crippen molar-refractivity contribution in [2.75, 3.05) is 23.3 Å². The van der Waals surface area contributed by atoms with Crippen molar-refractivity contribution >= 4 is 17.6 Å². The summed E-state index contributed by atoms with van der Waals surface area (Å²) in [6.07, 6.45) is 3.73. The van der Waals surface area contributed by atoms with Crippen LogP contribution in [-0.4, -0.2) is 28.0 Å². The first-order valence-electron chi connectivity index (χ1n) is 7.52. The lowest BCUT2D eigenvalue weighted by Gasteiger charge is -2.26. The summed E-state index contributed by atoms with van der Waals surface area (Å²) in [5, 5.41) is 3.26. The third-order valence-electron chi connectivity index (χ3n) is 3.68. The van der Waals surface area contributed by atoms with Crippen LogP contribution in [0.5, 0.6) is 0 Å². The van der Waals surface area contributed by atoms with E-state index in [4.69, 9.17) is 0 Å². The van der Waals surface area contributed by atoms with Crippen molar-refractivity contribution in [3.63, 3.8) is 0 Å². The molecule has 1 aliphatic rings. The van der Waals surface area contributed by atoms with Gasteiger partial charge in [-0.15, -0.1) is 0 Å². The monoisotopic (exact) mass is 283 g/mol. The third kappa shape index (κ3) is 3.48. The topological polar surface area (TPSA) is 53.9 Å². The van der Waals surface area contributed by atoms with Gasteiger partial charge in [-0.25, -0.2) is 0 Å². The molecule has 1 N–H and O–H groups in total. The number of hydrogen-bond donors (Lipinski definition) is 1. The number of nitrogens with one attached hydrogen (secondary N) is 1. The molecule has 1 saturated heterocycles. The second kappa shape index (κ2) is 6.08. The zero-order chi connectivity index (χ0) is 14.7.